The number of ether oxygens (including phenoxy) is 5. The summed E-state index contributed by atoms with van der Waals surface area (Å²) < 4.78 is 40.6. The molecule has 0 amide bonds. The first-order valence-electron chi connectivity index (χ1n) is 22.3. The molecule has 0 aliphatic heterocycles. The number of rotatable bonds is 26. The van der Waals surface area contributed by atoms with Crippen molar-refractivity contribution in [2.45, 2.75) is 131 Å². The highest BCUT2D eigenvalue weighted by Crippen LogP contribution is 2.49. The molecule has 5 aromatic carbocycles. The van der Waals surface area contributed by atoms with Gasteiger partial charge in [0.25, 0.3) is 0 Å². The summed E-state index contributed by atoms with van der Waals surface area (Å²) in [5, 5.41) is 6.12. The summed E-state index contributed by atoms with van der Waals surface area (Å²) in [6.45, 7) is 14.1. The van der Waals surface area contributed by atoms with Gasteiger partial charge in [-0.3, -0.25) is 0 Å². The average Bonchev–Trinajstić information content (AvgIpc) is 3.68. The van der Waals surface area contributed by atoms with Gasteiger partial charge in [-0.1, -0.05) is 111 Å². The van der Waals surface area contributed by atoms with Gasteiger partial charge in [-0.05, 0) is 117 Å². The molecule has 0 unspecified atom stereocenters. The monoisotopic (exact) mass is 853 g/mol. The predicted octanol–water partition coefficient (Wildman–Crippen LogP) is 15.6. The third kappa shape index (κ3) is 10.5. The molecule has 8 heteroatoms. The lowest BCUT2D eigenvalue weighted by atomic mass is 9.92. The Hall–Kier alpha value is -4.17. The second-order valence-electron chi connectivity index (χ2n) is 15.4. The van der Waals surface area contributed by atoms with Gasteiger partial charge in [0.15, 0.2) is 34.3 Å². The van der Waals surface area contributed by atoms with Crippen LogP contribution in [0.3, 0.4) is 0 Å². The third-order valence-corrected chi connectivity index (χ3v) is 11.5. The molecule has 0 aliphatic rings. The average molecular weight is 855 g/mol. The fraction of sp³-hybridized carbons (Fsp3) is 0.500. The van der Waals surface area contributed by atoms with E-state index in [2.05, 4.69) is 80.9 Å². The second kappa shape index (κ2) is 22.3. The van der Waals surface area contributed by atoms with E-state index in [1.165, 1.54) is 0 Å². The minimum Gasteiger partial charge on any atom is -0.490 e. The molecule has 1 heterocycles. The van der Waals surface area contributed by atoms with Crippen molar-refractivity contribution in [3.05, 3.63) is 59.1 Å². The second-order valence-corrected chi connectivity index (χ2v) is 16.3. The van der Waals surface area contributed by atoms with E-state index in [-0.39, 0.29) is 0 Å². The minimum atomic E-state index is 0.532. The first-order chi connectivity index (χ1) is 28.5. The lowest BCUT2D eigenvalue weighted by Crippen LogP contribution is -2.04. The molecule has 312 valence electrons. The fourth-order valence-corrected chi connectivity index (χ4v) is 7.97. The van der Waals surface area contributed by atoms with Gasteiger partial charge in [-0.2, -0.15) is 0 Å². The van der Waals surface area contributed by atoms with Crippen molar-refractivity contribution in [1.29, 1.82) is 0 Å². The number of unbranched alkanes of at least 4 members (excludes halogenated alkanes) is 10. The Morgan fingerprint density at radius 3 is 1.24 bits per heavy atom. The van der Waals surface area contributed by atoms with Gasteiger partial charge >= 0.3 is 0 Å². The Balaban J connectivity index is 1.68. The van der Waals surface area contributed by atoms with E-state index in [4.69, 9.17) is 33.1 Å². The van der Waals surface area contributed by atoms with Crippen LogP contribution in [0.2, 0.25) is 0 Å². The zero-order valence-corrected chi connectivity index (χ0v) is 37.2. The highest BCUT2D eigenvalue weighted by atomic mass is 79.9. The first kappa shape index (κ1) is 43.4. The first-order valence-corrected chi connectivity index (χ1v) is 23.1. The van der Waals surface area contributed by atoms with Crippen LogP contribution in [0.4, 0.5) is 0 Å². The highest BCUT2D eigenvalue weighted by molar-refractivity contribution is 9.10. The maximum Gasteiger partial charge on any atom is 0.228 e. The molecule has 0 radical (unpaired) electrons. The van der Waals surface area contributed by atoms with Crippen LogP contribution >= 0.6 is 15.9 Å². The molecular formula is C50H64BrNO6. The summed E-state index contributed by atoms with van der Waals surface area (Å²) >= 11 is 3.76. The largest absolute Gasteiger partial charge is 0.490 e. The molecule has 6 rings (SSSR count). The highest BCUT2D eigenvalue weighted by Gasteiger charge is 2.24. The quantitative estimate of drug-likeness (QED) is 0.0397. The van der Waals surface area contributed by atoms with Gasteiger partial charge in [0.05, 0.1) is 38.6 Å². The van der Waals surface area contributed by atoms with Crippen molar-refractivity contribution in [1.82, 2.24) is 4.98 Å². The van der Waals surface area contributed by atoms with Gasteiger partial charge in [0, 0.05) is 9.86 Å². The molecule has 0 spiro atoms. The Morgan fingerprint density at radius 1 is 0.466 bits per heavy atom. The molecule has 0 saturated carbocycles. The Kier molecular flexibility index (Phi) is 16.7. The number of aromatic nitrogens is 1. The number of hydrogen-bond acceptors (Lipinski definition) is 7. The molecule has 0 fully saturated rings. The molecular weight excluding hydrogens is 790 g/mol. The molecule has 1 aromatic heterocycles. The summed E-state index contributed by atoms with van der Waals surface area (Å²) in [6.07, 6.45) is 16.0. The van der Waals surface area contributed by atoms with Gasteiger partial charge in [0.2, 0.25) is 5.89 Å². The normalized spacial score (nSPS) is 11.6. The molecule has 0 saturated heterocycles. The summed E-state index contributed by atoms with van der Waals surface area (Å²) in [7, 11) is 0. The number of oxazole rings is 1. The van der Waals surface area contributed by atoms with Crippen LogP contribution in [-0.2, 0) is 0 Å². The molecule has 0 atom stereocenters. The topological polar surface area (TPSA) is 72.2 Å². The van der Waals surface area contributed by atoms with Crippen LogP contribution in [0.1, 0.15) is 131 Å². The van der Waals surface area contributed by atoms with Crippen LogP contribution in [-0.4, -0.2) is 38.0 Å². The van der Waals surface area contributed by atoms with E-state index in [0.29, 0.717) is 50.3 Å². The number of nitrogens with zero attached hydrogens (tertiary/aromatic N) is 1. The molecule has 0 N–H and O–H groups in total. The number of fused-ring (bicyclic) bond motifs is 8. The lowest BCUT2D eigenvalue weighted by Gasteiger charge is -2.20. The summed E-state index contributed by atoms with van der Waals surface area (Å²) in [6, 6.07) is 18.9. The van der Waals surface area contributed by atoms with Gasteiger partial charge < -0.3 is 28.1 Å². The van der Waals surface area contributed by atoms with Crippen molar-refractivity contribution >= 4 is 59.3 Å². The standard InChI is InChI=1S/C50H64BrNO6/c1-6-11-18-25-53-42-30-36-37-31-44(55-27-20-13-8-3)45(56-28-21-14-9-4)33-39(37)47-40(38(36)32-43(42)54-26-19-12-7-2)34-46(57-29-22-15-10-5)49-48(47)52-50(58-49)35-23-16-17-24-41(35)51/h16-17,23-24,30-34H,6-15,18-22,25-29H2,1-5H3. The van der Waals surface area contributed by atoms with E-state index < -0.39 is 0 Å². The van der Waals surface area contributed by atoms with Crippen molar-refractivity contribution in [2.24, 2.45) is 0 Å². The SMILES string of the molecule is CCCCCOc1cc2c3cc(OCCCCC)c(OCCCCC)cc3c3c(cc(OCCCCC)c4oc(-c5ccccc5Br)nc43)c2cc1OCCCCC. The Labute approximate surface area is 354 Å². The maximum absolute atomic E-state index is 6.73. The number of hydrogen-bond donors (Lipinski definition) is 0. The maximum atomic E-state index is 6.73. The van der Waals surface area contributed by atoms with Crippen LogP contribution < -0.4 is 23.7 Å². The fourth-order valence-electron chi connectivity index (χ4n) is 7.51. The van der Waals surface area contributed by atoms with Gasteiger partial charge in [-0.25, -0.2) is 4.98 Å². The minimum absolute atomic E-state index is 0.532. The molecule has 0 aliphatic carbocycles. The van der Waals surface area contributed by atoms with Crippen LogP contribution in [0.15, 0.2) is 63.5 Å². The summed E-state index contributed by atoms with van der Waals surface area (Å²) in [4.78, 5) is 5.31. The van der Waals surface area contributed by atoms with Crippen molar-refractivity contribution in [2.75, 3.05) is 33.0 Å². The van der Waals surface area contributed by atoms with E-state index in [1.807, 2.05) is 24.3 Å². The van der Waals surface area contributed by atoms with Gasteiger partial charge in [-0.15, -0.1) is 0 Å². The molecule has 58 heavy (non-hydrogen) atoms. The van der Waals surface area contributed by atoms with E-state index in [1.54, 1.807) is 0 Å². The number of benzene rings is 5. The van der Waals surface area contributed by atoms with Crippen LogP contribution in [0.5, 0.6) is 28.7 Å². The zero-order chi connectivity index (χ0) is 40.7. The van der Waals surface area contributed by atoms with E-state index in [0.717, 1.165) is 167 Å². The van der Waals surface area contributed by atoms with Crippen molar-refractivity contribution in [3.63, 3.8) is 0 Å². The van der Waals surface area contributed by atoms with Crippen LogP contribution in [0.25, 0.3) is 54.9 Å². The van der Waals surface area contributed by atoms with E-state index >= 15 is 0 Å². The smallest absolute Gasteiger partial charge is 0.228 e. The van der Waals surface area contributed by atoms with Crippen LogP contribution in [0, 0.1) is 0 Å². The molecule has 6 aromatic rings. The molecule has 0 bridgehead atoms. The third-order valence-electron chi connectivity index (χ3n) is 10.8. The Bertz CT molecular complexity index is 2180. The Morgan fingerprint density at radius 2 is 0.828 bits per heavy atom. The van der Waals surface area contributed by atoms with Gasteiger partial charge in [0.1, 0.15) is 5.52 Å². The van der Waals surface area contributed by atoms with Crippen molar-refractivity contribution in [3.8, 4) is 40.2 Å². The predicted molar refractivity (Wildman–Crippen MR) is 245 cm³/mol. The van der Waals surface area contributed by atoms with Crippen molar-refractivity contribution < 1.29 is 28.1 Å². The summed E-state index contributed by atoms with van der Waals surface area (Å²) in [5.74, 6) is 4.24. The summed E-state index contributed by atoms with van der Waals surface area (Å²) in [5.41, 5.74) is 2.26. The lowest BCUT2D eigenvalue weighted by molar-refractivity contribution is 0.260. The number of halogens is 1. The zero-order valence-electron chi connectivity index (χ0n) is 35.6. The van der Waals surface area contributed by atoms with E-state index in [9.17, 15) is 0 Å². The molecule has 7 nitrogen and oxygen atoms in total.